The van der Waals surface area contributed by atoms with Gasteiger partial charge in [0.15, 0.2) is 5.78 Å². The quantitative estimate of drug-likeness (QED) is 0.709. The molecule has 1 aromatic rings. The molecule has 0 saturated carbocycles. The number of carbonyl (C=O) groups excluding carboxylic acids is 2. The lowest BCUT2D eigenvalue weighted by atomic mass is 10.1. The van der Waals surface area contributed by atoms with Crippen molar-refractivity contribution in [2.45, 2.75) is 72.2 Å². The summed E-state index contributed by atoms with van der Waals surface area (Å²) >= 11 is 0. The van der Waals surface area contributed by atoms with Gasteiger partial charge >= 0.3 is 6.09 Å². The van der Waals surface area contributed by atoms with E-state index in [0.717, 1.165) is 0 Å². The number of rotatable bonds is 5. The zero-order valence-electron chi connectivity index (χ0n) is 17.2. The second-order valence-corrected chi connectivity index (χ2v) is 8.20. The van der Waals surface area contributed by atoms with E-state index in [1.165, 1.54) is 6.92 Å². The summed E-state index contributed by atoms with van der Waals surface area (Å²) in [5.41, 5.74) is 0.0685. The van der Waals surface area contributed by atoms with Crippen molar-refractivity contribution in [2.75, 3.05) is 13.1 Å². The third-order valence-corrected chi connectivity index (χ3v) is 4.05. The van der Waals surface area contributed by atoms with Gasteiger partial charge in [-0.15, -0.1) is 0 Å². The average molecular weight is 377 g/mol. The van der Waals surface area contributed by atoms with Gasteiger partial charge in [0.2, 0.25) is 0 Å². The standard InChI is InChI=1S/C21H31NO5/c1-14(2)25-18-11-16(15(3)23)12-19(13-18)26-17-7-9-22(10-8-17)20(24)27-21(4,5)6/h11-14,17H,7-10H2,1-6H3. The highest BCUT2D eigenvalue weighted by atomic mass is 16.6. The van der Waals surface area contributed by atoms with Crippen LogP contribution in [0.25, 0.3) is 0 Å². The fourth-order valence-corrected chi connectivity index (χ4v) is 2.86. The van der Waals surface area contributed by atoms with Crippen molar-refractivity contribution in [1.82, 2.24) is 4.90 Å². The van der Waals surface area contributed by atoms with Gasteiger partial charge in [0, 0.05) is 37.6 Å². The molecular weight excluding hydrogens is 346 g/mol. The molecule has 0 bridgehead atoms. The molecule has 1 aliphatic rings. The lowest BCUT2D eigenvalue weighted by molar-refractivity contribution is 0.0126. The number of piperidine rings is 1. The molecule has 0 N–H and O–H groups in total. The van der Waals surface area contributed by atoms with Crippen LogP contribution in [0.3, 0.4) is 0 Å². The summed E-state index contributed by atoms with van der Waals surface area (Å²) in [6.45, 7) is 12.2. The molecule has 6 nitrogen and oxygen atoms in total. The maximum Gasteiger partial charge on any atom is 0.410 e. The van der Waals surface area contributed by atoms with Gasteiger partial charge in [-0.1, -0.05) is 0 Å². The zero-order valence-corrected chi connectivity index (χ0v) is 17.2. The van der Waals surface area contributed by atoms with Crippen LogP contribution in [0.1, 0.15) is 64.7 Å². The minimum Gasteiger partial charge on any atom is -0.491 e. The largest absolute Gasteiger partial charge is 0.491 e. The van der Waals surface area contributed by atoms with Crippen LogP contribution in [0.15, 0.2) is 18.2 Å². The molecule has 150 valence electrons. The first kappa shape index (κ1) is 21.1. The predicted octanol–water partition coefficient (Wildman–Crippen LogP) is 4.45. The monoisotopic (exact) mass is 377 g/mol. The molecule has 1 aliphatic heterocycles. The third kappa shape index (κ3) is 6.77. The minimum absolute atomic E-state index is 0.0112. The summed E-state index contributed by atoms with van der Waals surface area (Å²) < 4.78 is 17.2. The molecule has 0 aliphatic carbocycles. The lowest BCUT2D eigenvalue weighted by Gasteiger charge is -2.33. The number of likely N-dealkylation sites (tertiary alicyclic amines) is 1. The highest BCUT2D eigenvalue weighted by Crippen LogP contribution is 2.27. The van der Waals surface area contributed by atoms with Crippen molar-refractivity contribution in [3.05, 3.63) is 23.8 Å². The van der Waals surface area contributed by atoms with Crippen molar-refractivity contribution >= 4 is 11.9 Å². The number of nitrogens with zero attached hydrogens (tertiary/aromatic N) is 1. The van der Waals surface area contributed by atoms with E-state index in [1.807, 2.05) is 40.7 Å². The fourth-order valence-electron chi connectivity index (χ4n) is 2.86. The van der Waals surface area contributed by atoms with Crippen molar-refractivity contribution in [3.8, 4) is 11.5 Å². The number of amides is 1. The van der Waals surface area contributed by atoms with Gasteiger partial charge in [-0.25, -0.2) is 4.79 Å². The van der Waals surface area contributed by atoms with Crippen LogP contribution in [0.2, 0.25) is 0 Å². The Bertz CT molecular complexity index is 670. The van der Waals surface area contributed by atoms with Gasteiger partial charge in [-0.3, -0.25) is 4.79 Å². The molecule has 0 spiro atoms. The highest BCUT2D eigenvalue weighted by molar-refractivity contribution is 5.94. The van der Waals surface area contributed by atoms with Gasteiger partial charge in [0.1, 0.15) is 23.2 Å². The van der Waals surface area contributed by atoms with Crippen LogP contribution < -0.4 is 9.47 Å². The molecule has 6 heteroatoms. The Morgan fingerprint density at radius 1 is 1.07 bits per heavy atom. The van der Waals surface area contributed by atoms with E-state index in [4.69, 9.17) is 14.2 Å². The predicted molar refractivity (Wildman–Crippen MR) is 104 cm³/mol. The lowest BCUT2D eigenvalue weighted by Crippen LogP contribution is -2.44. The molecule has 0 atom stereocenters. The summed E-state index contributed by atoms with van der Waals surface area (Å²) in [6.07, 6.45) is 1.13. The smallest absolute Gasteiger partial charge is 0.410 e. The Balaban J connectivity index is 1.99. The van der Waals surface area contributed by atoms with E-state index in [0.29, 0.717) is 43.0 Å². The van der Waals surface area contributed by atoms with Crippen molar-refractivity contribution < 1.29 is 23.8 Å². The van der Waals surface area contributed by atoms with E-state index in [1.54, 1.807) is 17.0 Å². The van der Waals surface area contributed by atoms with Gasteiger partial charge < -0.3 is 19.1 Å². The first-order valence-corrected chi connectivity index (χ1v) is 9.51. The normalized spacial score (nSPS) is 15.6. The molecule has 2 rings (SSSR count). The molecule has 1 aromatic carbocycles. The van der Waals surface area contributed by atoms with E-state index in [2.05, 4.69) is 0 Å². The van der Waals surface area contributed by atoms with Crippen LogP contribution >= 0.6 is 0 Å². The SMILES string of the molecule is CC(=O)c1cc(OC(C)C)cc(OC2CCN(C(=O)OC(C)(C)C)CC2)c1. The molecule has 1 heterocycles. The maximum atomic E-state index is 12.2. The Hall–Kier alpha value is -2.24. The fraction of sp³-hybridized carbons (Fsp3) is 0.619. The minimum atomic E-state index is -0.496. The van der Waals surface area contributed by atoms with Crippen LogP contribution in [0.4, 0.5) is 4.79 Å². The number of ether oxygens (including phenoxy) is 3. The van der Waals surface area contributed by atoms with Crippen molar-refractivity contribution in [3.63, 3.8) is 0 Å². The van der Waals surface area contributed by atoms with Crippen molar-refractivity contribution in [1.29, 1.82) is 0 Å². The van der Waals surface area contributed by atoms with Gasteiger partial charge in [0.25, 0.3) is 0 Å². The van der Waals surface area contributed by atoms with Crippen molar-refractivity contribution in [2.24, 2.45) is 0 Å². The number of benzene rings is 1. The van der Waals surface area contributed by atoms with Crippen LogP contribution in [-0.2, 0) is 4.74 Å². The van der Waals surface area contributed by atoms with E-state index < -0.39 is 5.60 Å². The van der Waals surface area contributed by atoms with E-state index >= 15 is 0 Å². The number of hydrogen-bond acceptors (Lipinski definition) is 5. The Labute approximate surface area is 161 Å². The number of ketones is 1. The average Bonchev–Trinajstić information content (AvgIpc) is 2.53. The third-order valence-electron chi connectivity index (χ3n) is 4.05. The molecule has 1 fully saturated rings. The maximum absolute atomic E-state index is 12.2. The van der Waals surface area contributed by atoms with E-state index in [9.17, 15) is 9.59 Å². The number of Topliss-reactive ketones (excluding diaryl/α,β-unsaturated/α-hetero) is 1. The molecule has 0 aromatic heterocycles. The summed E-state index contributed by atoms with van der Waals surface area (Å²) in [4.78, 5) is 25.7. The second-order valence-electron chi connectivity index (χ2n) is 8.20. The van der Waals surface area contributed by atoms with Gasteiger partial charge in [-0.2, -0.15) is 0 Å². The Morgan fingerprint density at radius 3 is 2.19 bits per heavy atom. The van der Waals surface area contributed by atoms with Crippen LogP contribution in [0, 0.1) is 0 Å². The summed E-state index contributed by atoms with van der Waals surface area (Å²) in [5.74, 6) is 1.21. The van der Waals surface area contributed by atoms with E-state index in [-0.39, 0.29) is 24.1 Å². The summed E-state index contributed by atoms with van der Waals surface area (Å²) in [5, 5.41) is 0. The highest BCUT2D eigenvalue weighted by Gasteiger charge is 2.27. The Morgan fingerprint density at radius 2 is 1.67 bits per heavy atom. The Kier molecular flexibility index (Phi) is 6.73. The first-order chi connectivity index (χ1) is 12.5. The molecular formula is C21H31NO5. The van der Waals surface area contributed by atoms with Gasteiger partial charge in [-0.05, 0) is 53.7 Å². The summed E-state index contributed by atoms with van der Waals surface area (Å²) in [7, 11) is 0. The number of hydrogen-bond donors (Lipinski definition) is 0. The molecule has 1 amide bonds. The molecule has 1 saturated heterocycles. The van der Waals surface area contributed by atoms with Crippen LogP contribution in [-0.4, -0.2) is 47.7 Å². The molecule has 0 unspecified atom stereocenters. The number of carbonyl (C=O) groups is 2. The van der Waals surface area contributed by atoms with Gasteiger partial charge in [0.05, 0.1) is 6.10 Å². The zero-order chi connectivity index (χ0) is 20.2. The van der Waals surface area contributed by atoms with Crippen LogP contribution in [0.5, 0.6) is 11.5 Å². The topological polar surface area (TPSA) is 65.1 Å². The second kappa shape index (κ2) is 8.63. The summed E-state index contributed by atoms with van der Waals surface area (Å²) in [6, 6.07) is 5.29. The molecule has 0 radical (unpaired) electrons. The molecule has 27 heavy (non-hydrogen) atoms. The first-order valence-electron chi connectivity index (χ1n) is 9.51.